The molecule has 0 radical (unpaired) electrons. The minimum absolute atomic E-state index is 0.485. The zero-order valence-electron chi connectivity index (χ0n) is 9.09. The van der Waals surface area contributed by atoms with E-state index in [1.807, 2.05) is 36.4 Å². The van der Waals surface area contributed by atoms with Crippen LogP contribution in [0.4, 0.5) is 0 Å². The van der Waals surface area contributed by atoms with Crippen molar-refractivity contribution in [1.29, 1.82) is 0 Å². The van der Waals surface area contributed by atoms with Crippen molar-refractivity contribution in [2.75, 3.05) is 7.11 Å². The number of rotatable bonds is 4. The Morgan fingerprint density at radius 1 is 1.25 bits per heavy atom. The van der Waals surface area contributed by atoms with Crippen molar-refractivity contribution in [3.05, 3.63) is 54.0 Å². The van der Waals surface area contributed by atoms with Crippen LogP contribution < -0.4 is 4.74 Å². The van der Waals surface area contributed by atoms with Gasteiger partial charge >= 0.3 is 0 Å². The van der Waals surface area contributed by atoms with E-state index in [9.17, 15) is 5.11 Å². The summed E-state index contributed by atoms with van der Waals surface area (Å²) in [5.41, 5.74) is 0.859. The maximum atomic E-state index is 9.96. The molecule has 3 nitrogen and oxygen atoms in total. The summed E-state index contributed by atoms with van der Waals surface area (Å²) in [5.74, 6) is 1.57. The molecule has 0 fully saturated rings. The molecule has 0 spiro atoms. The normalized spacial score (nSPS) is 12.4. The number of methoxy groups -OCH3 is 1. The molecule has 3 heteroatoms. The summed E-state index contributed by atoms with van der Waals surface area (Å²) >= 11 is 0. The highest BCUT2D eigenvalue weighted by atomic mass is 16.5. The molecule has 1 atom stereocenters. The van der Waals surface area contributed by atoms with E-state index in [-0.39, 0.29) is 0 Å². The minimum atomic E-state index is -0.544. The monoisotopic (exact) mass is 218 g/mol. The molecule has 0 bridgehead atoms. The average Bonchev–Trinajstić information content (AvgIpc) is 2.82. The minimum Gasteiger partial charge on any atom is -0.497 e. The number of aliphatic hydroxyl groups excluding tert-OH is 1. The number of hydrogen-bond donors (Lipinski definition) is 1. The molecule has 0 aliphatic heterocycles. The van der Waals surface area contributed by atoms with Gasteiger partial charge in [-0.3, -0.25) is 0 Å². The Balaban J connectivity index is 2.05. The van der Waals surface area contributed by atoms with E-state index in [1.54, 1.807) is 13.4 Å². The average molecular weight is 218 g/mol. The first-order valence-corrected chi connectivity index (χ1v) is 5.14. The summed E-state index contributed by atoms with van der Waals surface area (Å²) in [6.07, 6.45) is 1.55. The quantitative estimate of drug-likeness (QED) is 0.857. The van der Waals surface area contributed by atoms with Crippen LogP contribution in [0.5, 0.6) is 5.75 Å². The van der Waals surface area contributed by atoms with Crippen molar-refractivity contribution in [3.8, 4) is 5.75 Å². The van der Waals surface area contributed by atoms with Crippen molar-refractivity contribution in [3.63, 3.8) is 0 Å². The second-order valence-corrected chi connectivity index (χ2v) is 3.57. The zero-order valence-corrected chi connectivity index (χ0v) is 9.09. The van der Waals surface area contributed by atoms with Crippen molar-refractivity contribution in [2.24, 2.45) is 0 Å². The van der Waals surface area contributed by atoms with Crippen LogP contribution in [-0.4, -0.2) is 12.2 Å². The van der Waals surface area contributed by atoms with Gasteiger partial charge in [-0.1, -0.05) is 12.1 Å². The Morgan fingerprint density at radius 2 is 2.00 bits per heavy atom. The molecule has 2 aromatic rings. The highest BCUT2D eigenvalue weighted by Crippen LogP contribution is 2.21. The summed E-state index contributed by atoms with van der Waals surface area (Å²) in [4.78, 5) is 0. The van der Waals surface area contributed by atoms with Crippen molar-refractivity contribution in [1.82, 2.24) is 0 Å². The largest absolute Gasteiger partial charge is 0.497 e. The van der Waals surface area contributed by atoms with E-state index in [0.717, 1.165) is 17.1 Å². The summed E-state index contributed by atoms with van der Waals surface area (Å²) in [7, 11) is 1.62. The van der Waals surface area contributed by atoms with Crippen molar-refractivity contribution in [2.45, 2.75) is 12.5 Å². The topological polar surface area (TPSA) is 42.6 Å². The van der Waals surface area contributed by atoms with Gasteiger partial charge in [-0.05, 0) is 29.8 Å². The Morgan fingerprint density at radius 3 is 2.56 bits per heavy atom. The second-order valence-electron chi connectivity index (χ2n) is 3.57. The van der Waals surface area contributed by atoms with Gasteiger partial charge in [-0.2, -0.15) is 0 Å². The Kier molecular flexibility index (Phi) is 3.27. The van der Waals surface area contributed by atoms with Crippen LogP contribution >= 0.6 is 0 Å². The maximum Gasteiger partial charge on any atom is 0.118 e. The van der Waals surface area contributed by atoms with Crippen LogP contribution in [0, 0.1) is 0 Å². The predicted octanol–water partition coefficient (Wildman–Crippen LogP) is 2.56. The molecule has 1 unspecified atom stereocenters. The molecule has 0 saturated heterocycles. The van der Waals surface area contributed by atoms with Crippen LogP contribution in [0.15, 0.2) is 47.1 Å². The second kappa shape index (κ2) is 4.86. The molecule has 0 aliphatic rings. The molecule has 1 N–H and O–H groups in total. The van der Waals surface area contributed by atoms with Gasteiger partial charge < -0.3 is 14.3 Å². The molecule has 84 valence electrons. The molecular weight excluding hydrogens is 204 g/mol. The first-order chi connectivity index (χ1) is 7.79. The molecule has 0 amide bonds. The fraction of sp³-hybridized carbons (Fsp3) is 0.231. The van der Waals surface area contributed by atoms with E-state index >= 15 is 0 Å². The van der Waals surface area contributed by atoms with Gasteiger partial charge in [0.05, 0.1) is 19.5 Å². The van der Waals surface area contributed by atoms with Crippen LogP contribution in [-0.2, 0) is 6.42 Å². The summed E-state index contributed by atoms with van der Waals surface area (Å²) in [6.45, 7) is 0. The summed E-state index contributed by atoms with van der Waals surface area (Å²) in [6, 6.07) is 11.0. The third-order valence-electron chi connectivity index (χ3n) is 2.48. The van der Waals surface area contributed by atoms with E-state index in [1.165, 1.54) is 0 Å². The van der Waals surface area contributed by atoms with Gasteiger partial charge in [0.15, 0.2) is 0 Å². The highest BCUT2D eigenvalue weighted by molar-refractivity contribution is 5.28. The number of aliphatic hydroxyl groups is 1. The molecule has 1 aromatic carbocycles. The Labute approximate surface area is 94.3 Å². The summed E-state index contributed by atoms with van der Waals surface area (Å²) in [5, 5.41) is 9.96. The number of ether oxygens (including phenoxy) is 1. The first-order valence-electron chi connectivity index (χ1n) is 5.14. The van der Waals surface area contributed by atoms with Crippen LogP contribution in [0.3, 0.4) is 0 Å². The molecule has 1 aromatic heterocycles. The standard InChI is InChI=1S/C13H14O3/c1-15-11-6-4-10(5-7-11)13(14)9-12-3-2-8-16-12/h2-8,13-14H,9H2,1H3. The Bertz CT molecular complexity index is 417. The van der Waals surface area contributed by atoms with Gasteiger partial charge in [-0.15, -0.1) is 0 Å². The number of benzene rings is 1. The number of furan rings is 1. The van der Waals surface area contributed by atoms with Gasteiger partial charge in [0.1, 0.15) is 11.5 Å². The molecule has 2 rings (SSSR count). The fourth-order valence-corrected chi connectivity index (χ4v) is 1.56. The Hall–Kier alpha value is -1.74. The number of hydrogen-bond acceptors (Lipinski definition) is 3. The van der Waals surface area contributed by atoms with Gasteiger partial charge in [0.2, 0.25) is 0 Å². The first kappa shape index (κ1) is 10.8. The fourth-order valence-electron chi connectivity index (χ4n) is 1.56. The van der Waals surface area contributed by atoms with Crippen LogP contribution in [0.25, 0.3) is 0 Å². The SMILES string of the molecule is COc1ccc(C(O)Cc2ccco2)cc1. The van der Waals surface area contributed by atoms with Gasteiger partial charge in [-0.25, -0.2) is 0 Å². The van der Waals surface area contributed by atoms with Gasteiger partial charge in [0, 0.05) is 6.42 Å². The third-order valence-corrected chi connectivity index (χ3v) is 2.48. The lowest BCUT2D eigenvalue weighted by molar-refractivity contribution is 0.170. The summed E-state index contributed by atoms with van der Waals surface area (Å²) < 4.78 is 10.2. The molecular formula is C13H14O3. The predicted molar refractivity (Wildman–Crippen MR) is 60.4 cm³/mol. The van der Waals surface area contributed by atoms with E-state index in [4.69, 9.17) is 9.15 Å². The highest BCUT2D eigenvalue weighted by Gasteiger charge is 2.10. The van der Waals surface area contributed by atoms with Crippen LogP contribution in [0.2, 0.25) is 0 Å². The van der Waals surface area contributed by atoms with Crippen LogP contribution in [0.1, 0.15) is 17.4 Å². The molecule has 1 heterocycles. The molecule has 0 saturated carbocycles. The lowest BCUT2D eigenvalue weighted by atomic mass is 10.1. The van der Waals surface area contributed by atoms with E-state index in [2.05, 4.69) is 0 Å². The van der Waals surface area contributed by atoms with Crippen molar-refractivity contribution >= 4 is 0 Å². The smallest absolute Gasteiger partial charge is 0.118 e. The maximum absolute atomic E-state index is 9.96. The third kappa shape index (κ3) is 2.44. The van der Waals surface area contributed by atoms with E-state index < -0.39 is 6.10 Å². The van der Waals surface area contributed by atoms with Gasteiger partial charge in [0.25, 0.3) is 0 Å². The van der Waals surface area contributed by atoms with Crippen molar-refractivity contribution < 1.29 is 14.3 Å². The zero-order chi connectivity index (χ0) is 11.4. The lowest BCUT2D eigenvalue weighted by Crippen LogP contribution is -2.00. The molecule has 0 aliphatic carbocycles. The van der Waals surface area contributed by atoms with E-state index in [0.29, 0.717) is 6.42 Å². The lowest BCUT2D eigenvalue weighted by Gasteiger charge is -2.09. The molecule has 16 heavy (non-hydrogen) atoms.